The maximum absolute atomic E-state index is 11.7. The lowest BCUT2D eigenvalue weighted by molar-refractivity contribution is 0.0981. The second kappa shape index (κ2) is 6.21. The highest BCUT2D eigenvalue weighted by atomic mass is 32.2. The van der Waals surface area contributed by atoms with Gasteiger partial charge in [0, 0.05) is 19.3 Å². The van der Waals surface area contributed by atoms with Crippen LogP contribution < -0.4 is 9.62 Å². The van der Waals surface area contributed by atoms with E-state index in [9.17, 15) is 13.2 Å². The van der Waals surface area contributed by atoms with Crippen LogP contribution >= 0.6 is 0 Å². The van der Waals surface area contributed by atoms with E-state index in [-0.39, 0.29) is 5.56 Å². The summed E-state index contributed by atoms with van der Waals surface area (Å²) in [6.45, 7) is 1.95. The van der Waals surface area contributed by atoms with Gasteiger partial charge in [0.1, 0.15) is 5.82 Å². The number of rotatable bonds is 3. The normalized spacial score (nSPS) is 16.6. The molecule has 110 valence electrons. The van der Waals surface area contributed by atoms with E-state index < -0.39 is 15.9 Å². The number of hydrogen-bond donors (Lipinski definition) is 1. The maximum atomic E-state index is 11.7. The number of aromatic nitrogens is 1. The Morgan fingerprint density at radius 1 is 1.20 bits per heavy atom. The van der Waals surface area contributed by atoms with Gasteiger partial charge >= 0.3 is 0 Å². The SMILES string of the molecule is CS(=O)(=O)NC(=O)c1ccc(N2CCCCCC2)nc1. The molecule has 2 rings (SSSR count). The minimum atomic E-state index is -3.54. The molecule has 1 aromatic rings. The fourth-order valence-corrected chi connectivity index (χ4v) is 2.69. The third-order valence-electron chi connectivity index (χ3n) is 3.22. The summed E-state index contributed by atoms with van der Waals surface area (Å²) >= 11 is 0. The summed E-state index contributed by atoms with van der Waals surface area (Å²) < 4.78 is 23.9. The molecular formula is C13H19N3O3S. The highest BCUT2D eigenvalue weighted by molar-refractivity contribution is 7.89. The van der Waals surface area contributed by atoms with Crippen molar-refractivity contribution in [3.8, 4) is 0 Å². The van der Waals surface area contributed by atoms with E-state index in [1.165, 1.54) is 19.0 Å². The fourth-order valence-electron chi connectivity index (χ4n) is 2.23. The number of hydrogen-bond acceptors (Lipinski definition) is 5. The summed E-state index contributed by atoms with van der Waals surface area (Å²) in [6.07, 6.45) is 7.15. The van der Waals surface area contributed by atoms with Gasteiger partial charge < -0.3 is 4.90 Å². The van der Waals surface area contributed by atoms with Crippen LogP contribution in [0.3, 0.4) is 0 Å². The van der Waals surface area contributed by atoms with Gasteiger partial charge in [-0.2, -0.15) is 0 Å². The third kappa shape index (κ3) is 4.19. The fraction of sp³-hybridized carbons (Fsp3) is 0.538. The van der Waals surface area contributed by atoms with E-state index in [0.717, 1.165) is 38.0 Å². The monoisotopic (exact) mass is 297 g/mol. The lowest BCUT2D eigenvalue weighted by Crippen LogP contribution is -2.29. The predicted octanol–water partition coefficient (Wildman–Crippen LogP) is 1.15. The first-order valence-electron chi connectivity index (χ1n) is 6.69. The van der Waals surface area contributed by atoms with Crippen molar-refractivity contribution in [1.29, 1.82) is 0 Å². The number of pyridine rings is 1. The van der Waals surface area contributed by atoms with Crippen molar-refractivity contribution in [2.75, 3.05) is 24.2 Å². The summed E-state index contributed by atoms with van der Waals surface area (Å²) in [6, 6.07) is 3.37. The Morgan fingerprint density at radius 2 is 1.85 bits per heavy atom. The van der Waals surface area contributed by atoms with E-state index in [4.69, 9.17) is 0 Å². The molecule has 1 aliphatic rings. The number of anilines is 1. The lowest BCUT2D eigenvalue weighted by Gasteiger charge is -2.21. The molecule has 0 spiro atoms. The summed E-state index contributed by atoms with van der Waals surface area (Å²) in [5.74, 6) is 0.185. The number of carbonyl (C=O) groups excluding carboxylic acids is 1. The average molecular weight is 297 g/mol. The molecule has 2 heterocycles. The average Bonchev–Trinajstić information content (AvgIpc) is 2.66. The Kier molecular flexibility index (Phi) is 4.59. The molecule has 1 amide bonds. The lowest BCUT2D eigenvalue weighted by atomic mass is 10.2. The highest BCUT2D eigenvalue weighted by Gasteiger charge is 2.14. The molecule has 6 nitrogen and oxygen atoms in total. The molecule has 1 N–H and O–H groups in total. The zero-order valence-electron chi connectivity index (χ0n) is 11.5. The molecule has 1 fully saturated rings. The van der Waals surface area contributed by atoms with Crippen molar-refractivity contribution in [1.82, 2.24) is 9.71 Å². The zero-order chi connectivity index (χ0) is 14.6. The number of nitrogens with one attached hydrogen (secondary N) is 1. The predicted molar refractivity (Wildman–Crippen MR) is 77.2 cm³/mol. The van der Waals surface area contributed by atoms with E-state index in [1.54, 1.807) is 12.1 Å². The summed E-state index contributed by atoms with van der Waals surface area (Å²) in [4.78, 5) is 18.1. The van der Waals surface area contributed by atoms with E-state index in [1.807, 2.05) is 4.72 Å². The Morgan fingerprint density at radius 3 is 2.35 bits per heavy atom. The van der Waals surface area contributed by atoms with Gasteiger partial charge in [-0.25, -0.2) is 18.1 Å². The number of nitrogens with zero attached hydrogens (tertiary/aromatic N) is 2. The molecule has 0 atom stereocenters. The maximum Gasteiger partial charge on any atom is 0.266 e. The first-order valence-corrected chi connectivity index (χ1v) is 8.58. The van der Waals surface area contributed by atoms with Gasteiger partial charge in [0.05, 0.1) is 11.8 Å². The van der Waals surface area contributed by atoms with Crippen molar-refractivity contribution in [2.24, 2.45) is 0 Å². The molecule has 1 saturated heterocycles. The Hall–Kier alpha value is -1.63. The van der Waals surface area contributed by atoms with Crippen LogP contribution in [0.2, 0.25) is 0 Å². The molecule has 0 unspecified atom stereocenters. The quantitative estimate of drug-likeness (QED) is 0.905. The first-order chi connectivity index (χ1) is 9.46. The van der Waals surface area contributed by atoms with Crippen LogP contribution in [0, 0.1) is 0 Å². The topological polar surface area (TPSA) is 79.4 Å². The van der Waals surface area contributed by atoms with Crippen molar-refractivity contribution < 1.29 is 13.2 Å². The Labute approximate surface area is 119 Å². The van der Waals surface area contributed by atoms with Gasteiger partial charge in [-0.05, 0) is 25.0 Å². The van der Waals surface area contributed by atoms with Gasteiger partial charge in [0.15, 0.2) is 0 Å². The molecule has 0 aromatic carbocycles. The molecule has 7 heteroatoms. The van der Waals surface area contributed by atoms with Gasteiger partial charge in [0.25, 0.3) is 5.91 Å². The molecule has 0 radical (unpaired) electrons. The van der Waals surface area contributed by atoms with Crippen molar-refractivity contribution >= 4 is 21.7 Å². The second-order valence-corrected chi connectivity index (χ2v) is 6.76. The van der Waals surface area contributed by atoms with Crippen LogP contribution in [0.1, 0.15) is 36.0 Å². The highest BCUT2D eigenvalue weighted by Crippen LogP contribution is 2.17. The van der Waals surface area contributed by atoms with E-state index in [2.05, 4.69) is 9.88 Å². The van der Waals surface area contributed by atoms with Gasteiger partial charge in [-0.1, -0.05) is 12.8 Å². The molecular weight excluding hydrogens is 278 g/mol. The Bertz CT molecular complexity index is 561. The van der Waals surface area contributed by atoms with Crippen LogP contribution in [-0.2, 0) is 10.0 Å². The van der Waals surface area contributed by atoms with Gasteiger partial charge in [0.2, 0.25) is 10.0 Å². The molecule has 20 heavy (non-hydrogen) atoms. The van der Waals surface area contributed by atoms with E-state index in [0.29, 0.717) is 0 Å². The smallest absolute Gasteiger partial charge is 0.266 e. The van der Waals surface area contributed by atoms with Crippen molar-refractivity contribution in [2.45, 2.75) is 25.7 Å². The van der Waals surface area contributed by atoms with Crippen LogP contribution in [0.25, 0.3) is 0 Å². The standard InChI is InChI=1S/C13H19N3O3S/c1-20(18,19)15-13(17)11-6-7-12(14-10-11)16-8-4-2-3-5-9-16/h6-7,10H,2-5,8-9H2,1H3,(H,15,17). The van der Waals surface area contributed by atoms with Gasteiger partial charge in [-0.15, -0.1) is 0 Å². The molecule has 1 aromatic heterocycles. The van der Waals surface area contributed by atoms with Crippen LogP contribution in [0.15, 0.2) is 18.3 Å². The minimum Gasteiger partial charge on any atom is -0.357 e. The number of sulfonamides is 1. The van der Waals surface area contributed by atoms with Crippen LogP contribution in [0.4, 0.5) is 5.82 Å². The number of carbonyl (C=O) groups is 1. The molecule has 0 saturated carbocycles. The summed E-state index contributed by atoms with van der Waals surface area (Å²) in [5, 5.41) is 0. The summed E-state index contributed by atoms with van der Waals surface area (Å²) in [7, 11) is -3.54. The Balaban J connectivity index is 2.07. The third-order valence-corrected chi connectivity index (χ3v) is 3.77. The zero-order valence-corrected chi connectivity index (χ0v) is 12.3. The van der Waals surface area contributed by atoms with E-state index >= 15 is 0 Å². The van der Waals surface area contributed by atoms with Crippen LogP contribution in [-0.4, -0.2) is 38.7 Å². The molecule has 0 bridgehead atoms. The van der Waals surface area contributed by atoms with Crippen molar-refractivity contribution in [3.05, 3.63) is 23.9 Å². The largest absolute Gasteiger partial charge is 0.357 e. The van der Waals surface area contributed by atoms with Crippen LogP contribution in [0.5, 0.6) is 0 Å². The van der Waals surface area contributed by atoms with Gasteiger partial charge in [-0.3, -0.25) is 4.79 Å². The first kappa shape index (κ1) is 14.8. The molecule has 1 aliphatic heterocycles. The second-order valence-electron chi connectivity index (χ2n) is 5.01. The summed E-state index contributed by atoms with van der Waals surface area (Å²) in [5.41, 5.74) is 0.244. The molecule has 0 aliphatic carbocycles. The van der Waals surface area contributed by atoms with Crippen molar-refractivity contribution in [3.63, 3.8) is 0 Å². The number of amides is 1. The minimum absolute atomic E-state index is 0.244.